The smallest absolute Gasteiger partial charge is 0.342 e. The van der Waals surface area contributed by atoms with Crippen molar-refractivity contribution in [2.45, 2.75) is 26.4 Å². The van der Waals surface area contributed by atoms with Crippen LogP contribution in [0.3, 0.4) is 0 Å². The van der Waals surface area contributed by atoms with Crippen LogP contribution in [0, 0.1) is 0 Å². The Morgan fingerprint density at radius 2 is 1.94 bits per heavy atom. The van der Waals surface area contributed by atoms with Crippen LogP contribution in [-0.2, 0) is 4.74 Å². The Balaban J connectivity index is 2.45. The Morgan fingerprint density at radius 1 is 1.28 bits per heavy atom. The van der Waals surface area contributed by atoms with Gasteiger partial charge in [-0.05, 0) is 32.9 Å². The first-order valence-electron chi connectivity index (χ1n) is 5.75. The number of esters is 1. The van der Waals surface area contributed by atoms with E-state index in [-0.39, 0.29) is 5.82 Å². The van der Waals surface area contributed by atoms with E-state index in [1.54, 1.807) is 6.07 Å². The maximum Gasteiger partial charge on any atom is 0.342 e. The average Bonchev–Trinajstić information content (AvgIpc) is 2.25. The molecule has 94 valence electrons. The zero-order valence-corrected chi connectivity index (χ0v) is 10.7. The lowest BCUT2D eigenvalue weighted by Crippen LogP contribution is -2.24. The second-order valence-electron chi connectivity index (χ2n) is 5.12. The maximum atomic E-state index is 12.0. The fourth-order valence-corrected chi connectivity index (χ4v) is 1.63. The molecule has 0 radical (unpaired) electrons. The van der Waals surface area contributed by atoms with Gasteiger partial charge in [0.25, 0.3) is 0 Å². The van der Waals surface area contributed by atoms with E-state index in [1.807, 2.05) is 45.0 Å². The van der Waals surface area contributed by atoms with Gasteiger partial charge in [0.1, 0.15) is 17.0 Å². The number of para-hydroxylation sites is 1. The van der Waals surface area contributed by atoms with E-state index >= 15 is 0 Å². The molecule has 2 aromatic rings. The minimum Gasteiger partial charge on any atom is -0.456 e. The summed E-state index contributed by atoms with van der Waals surface area (Å²) in [5, 5.41) is 0.868. The molecule has 0 unspecified atom stereocenters. The number of nitrogens with two attached hydrogens (primary N) is 1. The third-order valence-corrected chi connectivity index (χ3v) is 2.37. The summed E-state index contributed by atoms with van der Waals surface area (Å²) in [6.07, 6.45) is 0. The molecule has 0 aliphatic heterocycles. The van der Waals surface area contributed by atoms with E-state index in [0.29, 0.717) is 5.56 Å². The van der Waals surface area contributed by atoms with Gasteiger partial charge in [-0.2, -0.15) is 0 Å². The number of nitrogen functional groups attached to an aromatic ring is 1. The summed E-state index contributed by atoms with van der Waals surface area (Å²) in [5.74, 6) is -0.249. The van der Waals surface area contributed by atoms with E-state index in [2.05, 4.69) is 4.98 Å². The lowest BCUT2D eigenvalue weighted by molar-refractivity contribution is 0.00707. The molecule has 4 heteroatoms. The lowest BCUT2D eigenvalue weighted by Gasteiger charge is -2.20. The summed E-state index contributed by atoms with van der Waals surface area (Å²) >= 11 is 0. The summed E-state index contributed by atoms with van der Waals surface area (Å²) in [4.78, 5) is 16.2. The van der Waals surface area contributed by atoms with Crippen LogP contribution < -0.4 is 5.73 Å². The van der Waals surface area contributed by atoms with E-state index < -0.39 is 11.6 Å². The molecule has 0 bridgehead atoms. The van der Waals surface area contributed by atoms with Gasteiger partial charge in [0.15, 0.2) is 0 Å². The molecule has 0 amide bonds. The van der Waals surface area contributed by atoms with Crippen LogP contribution in [0.25, 0.3) is 10.9 Å². The summed E-state index contributed by atoms with van der Waals surface area (Å²) in [6, 6.07) is 9.22. The van der Waals surface area contributed by atoms with Crippen molar-refractivity contribution < 1.29 is 9.53 Å². The number of carbonyl (C=O) groups is 1. The number of hydrogen-bond acceptors (Lipinski definition) is 4. The Hall–Kier alpha value is -2.10. The fourth-order valence-electron chi connectivity index (χ4n) is 1.63. The molecule has 0 atom stereocenters. The van der Waals surface area contributed by atoms with Gasteiger partial charge in [0.05, 0.1) is 5.52 Å². The molecule has 0 saturated carbocycles. The quantitative estimate of drug-likeness (QED) is 0.783. The molecule has 2 rings (SSSR count). The molecule has 0 fully saturated rings. The number of rotatable bonds is 1. The van der Waals surface area contributed by atoms with Crippen LogP contribution in [0.1, 0.15) is 31.1 Å². The molecule has 18 heavy (non-hydrogen) atoms. The predicted molar refractivity (Wildman–Crippen MR) is 71.3 cm³/mol. The first-order valence-corrected chi connectivity index (χ1v) is 5.75. The highest BCUT2D eigenvalue weighted by molar-refractivity contribution is 5.98. The average molecular weight is 244 g/mol. The molecule has 0 aliphatic rings. The number of nitrogens with zero attached hydrogens (tertiary/aromatic N) is 1. The largest absolute Gasteiger partial charge is 0.456 e. The summed E-state index contributed by atoms with van der Waals surface area (Å²) in [5.41, 5.74) is 6.32. The van der Waals surface area contributed by atoms with Crippen molar-refractivity contribution in [3.8, 4) is 0 Å². The molecular formula is C14H16N2O2. The third-order valence-electron chi connectivity index (χ3n) is 2.37. The highest BCUT2D eigenvalue weighted by Crippen LogP contribution is 2.21. The third kappa shape index (κ3) is 2.59. The normalized spacial score (nSPS) is 11.5. The van der Waals surface area contributed by atoms with E-state index in [1.165, 1.54) is 0 Å². The zero-order valence-electron chi connectivity index (χ0n) is 10.7. The van der Waals surface area contributed by atoms with Crippen molar-refractivity contribution in [2.24, 2.45) is 0 Å². The molecule has 0 saturated heterocycles. The van der Waals surface area contributed by atoms with Gasteiger partial charge in [-0.3, -0.25) is 0 Å². The van der Waals surface area contributed by atoms with Crippen LogP contribution in [0.5, 0.6) is 0 Å². The van der Waals surface area contributed by atoms with Gasteiger partial charge in [0.2, 0.25) is 0 Å². The Morgan fingerprint density at radius 3 is 2.61 bits per heavy atom. The van der Waals surface area contributed by atoms with Gasteiger partial charge in [-0.25, -0.2) is 9.78 Å². The number of pyridine rings is 1. The Labute approximate surface area is 106 Å². The SMILES string of the molecule is CC(C)(C)OC(=O)c1cc2ccccc2nc1N. The van der Waals surface area contributed by atoms with Crippen molar-refractivity contribution >= 4 is 22.7 Å². The predicted octanol–water partition coefficient (Wildman–Crippen LogP) is 2.77. The molecule has 1 aromatic carbocycles. The number of benzene rings is 1. The van der Waals surface area contributed by atoms with E-state index in [4.69, 9.17) is 10.5 Å². The standard InChI is InChI=1S/C14H16N2O2/c1-14(2,3)18-13(17)10-8-9-6-4-5-7-11(9)16-12(10)15/h4-8H,1-3H3,(H2,15,16). The van der Waals surface area contributed by atoms with Gasteiger partial charge < -0.3 is 10.5 Å². The van der Waals surface area contributed by atoms with Crippen molar-refractivity contribution in [3.63, 3.8) is 0 Å². The fraction of sp³-hybridized carbons (Fsp3) is 0.286. The second kappa shape index (κ2) is 4.29. The molecule has 1 heterocycles. The van der Waals surface area contributed by atoms with E-state index in [9.17, 15) is 4.79 Å². The van der Waals surface area contributed by atoms with Crippen LogP contribution in [0.4, 0.5) is 5.82 Å². The summed E-state index contributed by atoms with van der Waals surface area (Å²) in [7, 11) is 0. The second-order valence-corrected chi connectivity index (χ2v) is 5.12. The minimum atomic E-state index is -0.546. The van der Waals surface area contributed by atoms with Gasteiger partial charge in [-0.1, -0.05) is 18.2 Å². The number of fused-ring (bicyclic) bond motifs is 1. The number of carbonyl (C=O) groups excluding carboxylic acids is 1. The molecule has 0 spiro atoms. The minimum absolute atomic E-state index is 0.197. The van der Waals surface area contributed by atoms with Crippen LogP contribution in [0.2, 0.25) is 0 Å². The molecular weight excluding hydrogens is 228 g/mol. The number of ether oxygens (including phenoxy) is 1. The lowest BCUT2D eigenvalue weighted by atomic mass is 10.1. The van der Waals surface area contributed by atoms with Gasteiger partial charge in [-0.15, -0.1) is 0 Å². The zero-order chi connectivity index (χ0) is 13.3. The summed E-state index contributed by atoms with van der Waals surface area (Å²) in [6.45, 7) is 5.45. The first-order chi connectivity index (χ1) is 8.37. The maximum absolute atomic E-state index is 12.0. The van der Waals surface area contributed by atoms with Crippen LogP contribution in [-0.4, -0.2) is 16.6 Å². The topological polar surface area (TPSA) is 65.2 Å². The number of aromatic nitrogens is 1. The van der Waals surface area contributed by atoms with Gasteiger partial charge >= 0.3 is 5.97 Å². The van der Waals surface area contributed by atoms with Crippen molar-refractivity contribution in [2.75, 3.05) is 5.73 Å². The highest BCUT2D eigenvalue weighted by Gasteiger charge is 2.20. The number of anilines is 1. The Kier molecular flexibility index (Phi) is 2.95. The van der Waals surface area contributed by atoms with Crippen molar-refractivity contribution in [1.29, 1.82) is 0 Å². The van der Waals surface area contributed by atoms with E-state index in [0.717, 1.165) is 10.9 Å². The molecule has 1 aromatic heterocycles. The molecule has 4 nitrogen and oxygen atoms in total. The van der Waals surface area contributed by atoms with Crippen molar-refractivity contribution in [3.05, 3.63) is 35.9 Å². The van der Waals surface area contributed by atoms with Crippen LogP contribution in [0.15, 0.2) is 30.3 Å². The first kappa shape index (κ1) is 12.4. The number of hydrogen-bond donors (Lipinski definition) is 1. The monoisotopic (exact) mass is 244 g/mol. The van der Waals surface area contributed by atoms with Gasteiger partial charge in [0, 0.05) is 5.39 Å². The highest BCUT2D eigenvalue weighted by atomic mass is 16.6. The summed E-state index contributed by atoms with van der Waals surface area (Å²) < 4.78 is 5.29. The Bertz CT molecular complexity index is 600. The van der Waals surface area contributed by atoms with Crippen LogP contribution >= 0.6 is 0 Å². The molecule has 0 aliphatic carbocycles. The molecule has 2 N–H and O–H groups in total. The van der Waals surface area contributed by atoms with Crippen molar-refractivity contribution in [1.82, 2.24) is 4.98 Å².